The lowest BCUT2D eigenvalue weighted by Gasteiger charge is -2.06. The quantitative estimate of drug-likeness (QED) is 0.622. The largest absolute Gasteiger partial charge is 0.441 e. The zero-order valence-electron chi connectivity index (χ0n) is 12.7. The minimum Gasteiger partial charge on any atom is -0.441 e. The van der Waals surface area contributed by atoms with Crippen molar-refractivity contribution in [3.05, 3.63) is 60.6 Å². The third-order valence-corrected chi connectivity index (χ3v) is 3.41. The number of hydrogen-bond acceptors (Lipinski definition) is 6. The van der Waals surface area contributed by atoms with Crippen molar-refractivity contribution in [2.45, 2.75) is 6.92 Å². The van der Waals surface area contributed by atoms with Gasteiger partial charge in [-0.2, -0.15) is 5.10 Å². The summed E-state index contributed by atoms with van der Waals surface area (Å²) in [6.07, 6.45) is 4.48. The van der Waals surface area contributed by atoms with E-state index in [0.717, 1.165) is 0 Å². The number of nitrogens with one attached hydrogen (secondary N) is 1. The molecule has 0 aliphatic carbocycles. The number of aryl methyl sites for hydroxylation is 1. The molecule has 0 radical (unpaired) electrons. The molecule has 1 N–H and O–H groups in total. The number of carbonyl (C=O) groups excluding carboxylic acids is 1. The van der Waals surface area contributed by atoms with Crippen LogP contribution in [-0.2, 0) is 0 Å². The molecule has 24 heavy (non-hydrogen) atoms. The molecule has 4 aromatic rings. The van der Waals surface area contributed by atoms with E-state index in [2.05, 4.69) is 25.4 Å². The fourth-order valence-corrected chi connectivity index (χ4v) is 2.34. The number of rotatable bonds is 3. The van der Waals surface area contributed by atoms with Crippen molar-refractivity contribution < 1.29 is 9.21 Å². The first-order valence-electron chi connectivity index (χ1n) is 7.19. The van der Waals surface area contributed by atoms with Gasteiger partial charge in [0.1, 0.15) is 18.2 Å². The Morgan fingerprint density at radius 3 is 3.00 bits per heavy atom. The Kier molecular flexibility index (Phi) is 3.27. The predicted molar refractivity (Wildman–Crippen MR) is 85.9 cm³/mol. The van der Waals surface area contributed by atoms with Crippen LogP contribution in [0, 0.1) is 6.92 Å². The van der Waals surface area contributed by atoms with Crippen LogP contribution in [0.2, 0.25) is 0 Å². The highest BCUT2D eigenvalue weighted by Gasteiger charge is 2.10. The number of carbonyl (C=O) groups is 1. The van der Waals surface area contributed by atoms with Crippen LogP contribution in [0.4, 0.5) is 5.69 Å². The molecule has 3 aromatic heterocycles. The number of hydrogen-bond donors (Lipinski definition) is 1. The fraction of sp³-hybridized carbons (Fsp3) is 0.0625. The third kappa shape index (κ3) is 2.60. The molecule has 0 aliphatic heterocycles. The van der Waals surface area contributed by atoms with Crippen molar-refractivity contribution in [3.8, 4) is 5.82 Å². The van der Waals surface area contributed by atoms with Crippen LogP contribution in [0.3, 0.4) is 0 Å². The number of amides is 1. The van der Waals surface area contributed by atoms with E-state index >= 15 is 0 Å². The molecule has 118 valence electrons. The van der Waals surface area contributed by atoms with E-state index in [-0.39, 0.29) is 5.91 Å². The second-order valence-electron chi connectivity index (χ2n) is 5.11. The van der Waals surface area contributed by atoms with E-state index in [1.165, 1.54) is 17.3 Å². The Balaban J connectivity index is 1.60. The van der Waals surface area contributed by atoms with Gasteiger partial charge in [0.05, 0.1) is 0 Å². The summed E-state index contributed by atoms with van der Waals surface area (Å²) in [5.74, 6) is 0.848. The van der Waals surface area contributed by atoms with Gasteiger partial charge < -0.3 is 9.73 Å². The van der Waals surface area contributed by atoms with Gasteiger partial charge in [0.25, 0.3) is 5.91 Å². The SMILES string of the molecule is Cc1nc2cc(NC(=O)c3ccnc(-n4cncn4)c3)ccc2o1. The molecular formula is C16H12N6O2. The maximum Gasteiger partial charge on any atom is 0.255 e. The first-order chi connectivity index (χ1) is 11.7. The number of aromatic nitrogens is 5. The van der Waals surface area contributed by atoms with E-state index in [9.17, 15) is 4.79 Å². The topological polar surface area (TPSA) is 98.7 Å². The summed E-state index contributed by atoms with van der Waals surface area (Å²) in [6.45, 7) is 1.78. The number of fused-ring (bicyclic) bond motifs is 1. The van der Waals surface area contributed by atoms with Gasteiger partial charge in [-0.15, -0.1) is 0 Å². The van der Waals surface area contributed by atoms with Gasteiger partial charge in [-0.05, 0) is 30.3 Å². The van der Waals surface area contributed by atoms with Crippen LogP contribution in [0.5, 0.6) is 0 Å². The summed E-state index contributed by atoms with van der Waals surface area (Å²) >= 11 is 0. The molecule has 8 heteroatoms. The summed E-state index contributed by atoms with van der Waals surface area (Å²) in [5.41, 5.74) is 2.48. The molecule has 0 spiro atoms. The van der Waals surface area contributed by atoms with E-state index < -0.39 is 0 Å². The monoisotopic (exact) mass is 320 g/mol. The van der Waals surface area contributed by atoms with E-state index in [1.54, 1.807) is 43.5 Å². The molecule has 0 bridgehead atoms. The van der Waals surface area contributed by atoms with Crippen LogP contribution in [0.1, 0.15) is 16.2 Å². The summed E-state index contributed by atoms with van der Waals surface area (Å²) in [4.78, 5) is 24.7. The van der Waals surface area contributed by atoms with Crippen LogP contribution in [-0.4, -0.2) is 30.6 Å². The van der Waals surface area contributed by atoms with Crippen LogP contribution >= 0.6 is 0 Å². The van der Waals surface area contributed by atoms with Gasteiger partial charge in [-0.25, -0.2) is 19.6 Å². The van der Waals surface area contributed by atoms with E-state index in [0.29, 0.717) is 34.1 Å². The molecule has 3 heterocycles. The Labute approximate surface area is 136 Å². The van der Waals surface area contributed by atoms with Crippen molar-refractivity contribution in [1.82, 2.24) is 24.7 Å². The lowest BCUT2D eigenvalue weighted by atomic mass is 10.2. The Bertz CT molecular complexity index is 1020. The minimum absolute atomic E-state index is 0.252. The van der Waals surface area contributed by atoms with Crippen molar-refractivity contribution >= 4 is 22.7 Å². The molecular weight excluding hydrogens is 308 g/mol. The lowest BCUT2D eigenvalue weighted by molar-refractivity contribution is 0.102. The normalized spacial score (nSPS) is 10.9. The van der Waals surface area contributed by atoms with E-state index in [1.807, 2.05) is 0 Å². The molecule has 0 saturated carbocycles. The number of benzene rings is 1. The molecule has 1 amide bonds. The van der Waals surface area contributed by atoms with Gasteiger partial charge >= 0.3 is 0 Å². The van der Waals surface area contributed by atoms with Gasteiger partial charge in [0, 0.05) is 24.4 Å². The highest BCUT2D eigenvalue weighted by Crippen LogP contribution is 2.20. The molecule has 0 fully saturated rings. The summed E-state index contributed by atoms with van der Waals surface area (Å²) in [6, 6.07) is 8.59. The molecule has 0 saturated heterocycles. The fourth-order valence-electron chi connectivity index (χ4n) is 2.34. The van der Waals surface area contributed by atoms with E-state index in [4.69, 9.17) is 4.42 Å². The number of pyridine rings is 1. The van der Waals surface area contributed by atoms with Crippen molar-refractivity contribution in [2.75, 3.05) is 5.32 Å². The van der Waals surface area contributed by atoms with Crippen LogP contribution < -0.4 is 5.32 Å². The maximum absolute atomic E-state index is 12.4. The maximum atomic E-state index is 12.4. The number of anilines is 1. The van der Waals surface area contributed by atoms with Crippen LogP contribution in [0.25, 0.3) is 16.9 Å². The average molecular weight is 320 g/mol. The van der Waals surface area contributed by atoms with Gasteiger partial charge in [-0.3, -0.25) is 4.79 Å². The highest BCUT2D eigenvalue weighted by molar-refractivity contribution is 6.05. The Morgan fingerprint density at radius 1 is 1.25 bits per heavy atom. The van der Waals surface area contributed by atoms with Crippen molar-refractivity contribution in [3.63, 3.8) is 0 Å². The minimum atomic E-state index is -0.252. The molecule has 8 nitrogen and oxygen atoms in total. The first kappa shape index (κ1) is 14.1. The number of nitrogens with zero attached hydrogens (tertiary/aromatic N) is 5. The predicted octanol–water partition coefficient (Wildman–Crippen LogP) is 2.36. The van der Waals surface area contributed by atoms with Crippen molar-refractivity contribution in [2.24, 2.45) is 0 Å². The van der Waals surface area contributed by atoms with Crippen LogP contribution in [0.15, 0.2) is 53.6 Å². The standard InChI is InChI=1S/C16H12N6O2/c1-10-20-13-7-12(2-3-14(13)24-10)21-16(23)11-4-5-18-15(6-11)22-9-17-8-19-22/h2-9H,1H3,(H,21,23). The van der Waals surface area contributed by atoms with Gasteiger partial charge in [0.15, 0.2) is 17.3 Å². The van der Waals surface area contributed by atoms with Crippen molar-refractivity contribution in [1.29, 1.82) is 0 Å². The van der Waals surface area contributed by atoms with Gasteiger partial charge in [-0.1, -0.05) is 0 Å². The number of oxazole rings is 1. The Morgan fingerprint density at radius 2 is 2.17 bits per heavy atom. The summed E-state index contributed by atoms with van der Waals surface area (Å²) < 4.78 is 6.91. The zero-order valence-corrected chi connectivity index (χ0v) is 12.7. The third-order valence-electron chi connectivity index (χ3n) is 3.41. The molecule has 0 atom stereocenters. The Hall–Kier alpha value is -3.55. The highest BCUT2D eigenvalue weighted by atomic mass is 16.3. The summed E-state index contributed by atoms with van der Waals surface area (Å²) in [7, 11) is 0. The molecule has 0 aliphatic rings. The first-order valence-corrected chi connectivity index (χ1v) is 7.19. The molecule has 1 aromatic carbocycles. The summed E-state index contributed by atoms with van der Waals surface area (Å²) in [5, 5.41) is 6.84. The van der Waals surface area contributed by atoms with Gasteiger partial charge in [0.2, 0.25) is 0 Å². The zero-order chi connectivity index (χ0) is 16.5. The smallest absolute Gasteiger partial charge is 0.255 e. The second-order valence-corrected chi connectivity index (χ2v) is 5.11. The average Bonchev–Trinajstić information content (AvgIpc) is 3.23. The molecule has 0 unspecified atom stereocenters. The second kappa shape index (κ2) is 5.58. The molecule has 4 rings (SSSR count). The lowest BCUT2D eigenvalue weighted by Crippen LogP contribution is -2.13.